The number of nitrogens with one attached hydrogen (secondary N) is 1. The Balaban J connectivity index is 1.21. The molecule has 5 fully saturated rings. The van der Waals surface area contributed by atoms with Gasteiger partial charge in [-0.25, -0.2) is 0 Å². The lowest BCUT2D eigenvalue weighted by Gasteiger charge is -2.58. The molecular formula is C28H39NO4. The van der Waals surface area contributed by atoms with Crippen molar-refractivity contribution in [3.63, 3.8) is 0 Å². The minimum absolute atomic E-state index is 0.0419. The molecule has 1 aromatic carbocycles. The predicted octanol–water partition coefficient (Wildman–Crippen LogP) is 5.32. The summed E-state index contributed by atoms with van der Waals surface area (Å²) in [5.74, 6) is 2.06. The summed E-state index contributed by atoms with van der Waals surface area (Å²) in [6, 6.07) is 8.14. The molecule has 2 N–H and O–H groups in total. The Morgan fingerprint density at radius 2 is 1.67 bits per heavy atom. The highest BCUT2D eigenvalue weighted by atomic mass is 16.5. The van der Waals surface area contributed by atoms with Crippen LogP contribution in [0.5, 0.6) is 5.75 Å². The maximum Gasteiger partial charge on any atom is 0.309 e. The molecule has 5 heteroatoms. The highest BCUT2D eigenvalue weighted by molar-refractivity contribution is 5.87. The van der Waals surface area contributed by atoms with Crippen molar-refractivity contribution in [2.45, 2.75) is 89.5 Å². The van der Waals surface area contributed by atoms with Crippen LogP contribution in [0.1, 0.15) is 83.6 Å². The SMILES string of the molecule is CC(C)(C(=O)NC1C2CC3CC1CC(C(=O)O)(C3)C2)c1ccc(OCC2CCCCC2)cc1. The lowest BCUT2D eigenvalue weighted by molar-refractivity contribution is -0.168. The molecule has 2 unspecified atom stereocenters. The van der Waals surface area contributed by atoms with Crippen molar-refractivity contribution in [3.05, 3.63) is 29.8 Å². The molecule has 5 nitrogen and oxygen atoms in total. The molecule has 5 aliphatic carbocycles. The number of carbonyl (C=O) groups is 2. The maximum atomic E-state index is 13.4. The third-order valence-corrected chi connectivity index (χ3v) is 9.38. The molecule has 2 atom stereocenters. The molecule has 1 aromatic rings. The molecule has 0 heterocycles. The number of ether oxygens (including phenoxy) is 1. The summed E-state index contributed by atoms with van der Waals surface area (Å²) in [6.07, 6.45) is 10.9. The Bertz CT molecular complexity index is 870. The van der Waals surface area contributed by atoms with Crippen molar-refractivity contribution >= 4 is 11.9 Å². The Morgan fingerprint density at radius 3 is 2.27 bits per heavy atom. The molecule has 0 aliphatic heterocycles. The smallest absolute Gasteiger partial charge is 0.309 e. The van der Waals surface area contributed by atoms with E-state index in [2.05, 4.69) is 5.32 Å². The fraction of sp³-hybridized carbons (Fsp3) is 0.714. The second-order valence-electron chi connectivity index (χ2n) is 12.0. The lowest BCUT2D eigenvalue weighted by Crippen LogP contribution is -2.62. The first kappa shape index (κ1) is 22.7. The number of aliphatic carboxylic acids is 1. The molecule has 0 saturated heterocycles. The van der Waals surface area contributed by atoms with E-state index in [1.165, 1.54) is 32.1 Å². The zero-order valence-corrected chi connectivity index (χ0v) is 20.1. The van der Waals surface area contributed by atoms with Gasteiger partial charge in [-0.3, -0.25) is 9.59 Å². The maximum absolute atomic E-state index is 13.4. The number of benzene rings is 1. The molecule has 4 bridgehead atoms. The van der Waals surface area contributed by atoms with Crippen LogP contribution in [-0.2, 0) is 15.0 Å². The molecule has 6 rings (SSSR count). The number of amides is 1. The van der Waals surface area contributed by atoms with Crippen LogP contribution in [0.2, 0.25) is 0 Å². The Labute approximate surface area is 197 Å². The van der Waals surface area contributed by atoms with Gasteiger partial charge in [-0.2, -0.15) is 0 Å². The molecule has 0 radical (unpaired) electrons. The minimum Gasteiger partial charge on any atom is -0.493 e. The topological polar surface area (TPSA) is 75.6 Å². The van der Waals surface area contributed by atoms with Gasteiger partial charge < -0.3 is 15.2 Å². The van der Waals surface area contributed by atoms with Crippen LogP contribution < -0.4 is 10.1 Å². The Hall–Kier alpha value is -2.04. The van der Waals surface area contributed by atoms with E-state index in [-0.39, 0.29) is 11.9 Å². The first-order valence-electron chi connectivity index (χ1n) is 13.0. The van der Waals surface area contributed by atoms with E-state index < -0.39 is 16.8 Å². The molecule has 1 amide bonds. The van der Waals surface area contributed by atoms with Gasteiger partial charge in [0, 0.05) is 6.04 Å². The van der Waals surface area contributed by atoms with Gasteiger partial charge in [0.2, 0.25) is 5.91 Å². The molecule has 180 valence electrons. The number of rotatable bonds is 7. The molecule has 5 saturated carbocycles. The van der Waals surface area contributed by atoms with Crippen LogP contribution in [0.3, 0.4) is 0 Å². The monoisotopic (exact) mass is 453 g/mol. The lowest BCUT2D eigenvalue weighted by atomic mass is 9.48. The zero-order chi connectivity index (χ0) is 23.2. The number of carboxylic acids is 1. The second kappa shape index (κ2) is 8.63. The van der Waals surface area contributed by atoms with E-state index in [1.807, 2.05) is 38.1 Å². The Kier molecular flexibility index (Phi) is 5.95. The Morgan fingerprint density at radius 1 is 1.03 bits per heavy atom. The number of carboxylic acid groups (broad SMARTS) is 1. The summed E-state index contributed by atoms with van der Waals surface area (Å²) in [6.45, 7) is 4.75. The zero-order valence-electron chi connectivity index (χ0n) is 20.1. The van der Waals surface area contributed by atoms with Crippen molar-refractivity contribution in [2.24, 2.45) is 29.1 Å². The van der Waals surface area contributed by atoms with Crippen LogP contribution >= 0.6 is 0 Å². The van der Waals surface area contributed by atoms with Crippen LogP contribution in [-0.4, -0.2) is 29.6 Å². The van der Waals surface area contributed by atoms with Crippen LogP contribution in [0.15, 0.2) is 24.3 Å². The second-order valence-corrected chi connectivity index (χ2v) is 12.0. The van der Waals surface area contributed by atoms with E-state index in [4.69, 9.17) is 4.74 Å². The number of hydrogen-bond donors (Lipinski definition) is 2. The summed E-state index contributed by atoms with van der Waals surface area (Å²) in [4.78, 5) is 25.4. The normalized spacial score (nSPS) is 33.6. The van der Waals surface area contributed by atoms with Gasteiger partial charge >= 0.3 is 5.97 Å². The van der Waals surface area contributed by atoms with Crippen LogP contribution in [0, 0.1) is 29.1 Å². The molecule has 5 aliphatic rings. The summed E-state index contributed by atoms with van der Waals surface area (Å²) in [5, 5.41) is 13.2. The fourth-order valence-electron chi connectivity index (χ4n) is 7.52. The van der Waals surface area contributed by atoms with Crippen molar-refractivity contribution in [1.29, 1.82) is 0 Å². The summed E-state index contributed by atoms with van der Waals surface area (Å²) in [7, 11) is 0. The third kappa shape index (κ3) is 4.28. The largest absolute Gasteiger partial charge is 0.493 e. The van der Waals surface area contributed by atoms with Gasteiger partial charge in [0.15, 0.2) is 0 Å². The summed E-state index contributed by atoms with van der Waals surface area (Å²) >= 11 is 0. The quantitative estimate of drug-likeness (QED) is 0.586. The molecular weight excluding hydrogens is 414 g/mol. The van der Waals surface area contributed by atoms with Gasteiger partial charge in [0.25, 0.3) is 0 Å². The third-order valence-electron chi connectivity index (χ3n) is 9.38. The highest BCUT2D eigenvalue weighted by Crippen LogP contribution is 2.60. The fourth-order valence-corrected chi connectivity index (χ4v) is 7.52. The predicted molar refractivity (Wildman–Crippen MR) is 127 cm³/mol. The number of hydrogen-bond acceptors (Lipinski definition) is 3. The van der Waals surface area contributed by atoms with E-state index in [9.17, 15) is 14.7 Å². The van der Waals surface area contributed by atoms with E-state index in [1.54, 1.807) is 0 Å². The summed E-state index contributed by atoms with van der Waals surface area (Å²) in [5.41, 5.74) is -0.210. The van der Waals surface area contributed by atoms with Crippen molar-refractivity contribution in [2.75, 3.05) is 6.61 Å². The van der Waals surface area contributed by atoms with E-state index >= 15 is 0 Å². The molecule has 0 spiro atoms. The number of carbonyl (C=O) groups excluding carboxylic acids is 1. The van der Waals surface area contributed by atoms with E-state index in [0.717, 1.165) is 37.2 Å². The summed E-state index contributed by atoms with van der Waals surface area (Å²) < 4.78 is 6.04. The standard InChI is InChI=1S/C28H39NO4/c1-27(2,22-8-10-23(11-9-22)33-17-18-6-4-3-5-7-18)25(30)29-24-20-12-19-13-21(24)16-28(14-19,15-20)26(31)32/h8-11,18-21,24H,3-7,12-17H2,1-2H3,(H,29,30)(H,31,32). The van der Waals surface area contributed by atoms with Crippen LogP contribution in [0.4, 0.5) is 0 Å². The van der Waals surface area contributed by atoms with Gasteiger partial charge in [0.1, 0.15) is 5.75 Å². The van der Waals surface area contributed by atoms with Crippen molar-refractivity contribution in [3.8, 4) is 5.75 Å². The van der Waals surface area contributed by atoms with Crippen molar-refractivity contribution in [1.82, 2.24) is 5.32 Å². The molecule has 0 aromatic heterocycles. The van der Waals surface area contributed by atoms with Gasteiger partial charge in [-0.05, 0) is 100 Å². The average Bonchev–Trinajstić information content (AvgIpc) is 2.80. The van der Waals surface area contributed by atoms with E-state index in [0.29, 0.717) is 36.5 Å². The minimum atomic E-state index is -0.652. The first-order valence-corrected chi connectivity index (χ1v) is 13.0. The van der Waals surface area contributed by atoms with Crippen molar-refractivity contribution < 1.29 is 19.4 Å². The van der Waals surface area contributed by atoms with Crippen LogP contribution in [0.25, 0.3) is 0 Å². The van der Waals surface area contributed by atoms with Gasteiger partial charge in [0.05, 0.1) is 17.4 Å². The van der Waals surface area contributed by atoms with Gasteiger partial charge in [-0.1, -0.05) is 31.4 Å². The highest BCUT2D eigenvalue weighted by Gasteiger charge is 2.59. The van der Waals surface area contributed by atoms with Gasteiger partial charge in [-0.15, -0.1) is 0 Å². The first-order chi connectivity index (χ1) is 15.8. The molecule has 33 heavy (non-hydrogen) atoms. The average molecular weight is 454 g/mol.